The van der Waals surface area contributed by atoms with Gasteiger partial charge in [0, 0.05) is 11.9 Å². The zero-order chi connectivity index (χ0) is 28.6. The summed E-state index contributed by atoms with van der Waals surface area (Å²) in [6, 6.07) is 8.15. The van der Waals surface area contributed by atoms with E-state index >= 15 is 0 Å². The monoisotopic (exact) mass is 552 g/mol. The third-order valence-electron chi connectivity index (χ3n) is 7.00. The first kappa shape index (κ1) is 26.8. The fourth-order valence-electron chi connectivity index (χ4n) is 5.03. The molecule has 0 saturated carbocycles. The van der Waals surface area contributed by atoms with Crippen molar-refractivity contribution in [2.24, 2.45) is 0 Å². The number of anilines is 1. The lowest BCUT2D eigenvalue weighted by molar-refractivity contribution is -0.141. The number of rotatable bonds is 6. The molecule has 12 heteroatoms. The highest BCUT2D eigenvalue weighted by atomic mass is 19.4. The van der Waals surface area contributed by atoms with E-state index < -0.39 is 53.1 Å². The average molecular weight is 553 g/mol. The molecule has 40 heavy (non-hydrogen) atoms. The molecule has 1 aromatic heterocycles. The topological polar surface area (TPSA) is 133 Å². The van der Waals surface area contributed by atoms with Gasteiger partial charge in [0.05, 0.1) is 34.4 Å². The van der Waals surface area contributed by atoms with Crippen molar-refractivity contribution in [3.63, 3.8) is 0 Å². The standard InChI is InChI=1S/C28H23F3N4O5/c29-28(30,31)18-7-5-17(6-8-18)21-12-33-20-10-16(11-32)9-19-24(20)35(21)27(39)23(25(19)37)26(38)34-13-22(36)40-14-15-3-1-2-4-15/h3,5-10,21,33,37H,1-2,4,12-14H2,(H,34,38). The number of hydrogen-bond acceptors (Lipinski definition) is 7. The molecule has 0 radical (unpaired) electrons. The second-order valence-electron chi connectivity index (χ2n) is 9.54. The van der Waals surface area contributed by atoms with E-state index in [-0.39, 0.29) is 29.6 Å². The van der Waals surface area contributed by atoms with Crippen molar-refractivity contribution in [3.05, 3.63) is 80.7 Å². The van der Waals surface area contributed by atoms with Crippen LogP contribution in [0.4, 0.5) is 18.9 Å². The third kappa shape index (κ3) is 4.98. The van der Waals surface area contributed by atoms with Gasteiger partial charge >= 0.3 is 12.1 Å². The van der Waals surface area contributed by atoms with Crippen LogP contribution in [0, 0.1) is 11.3 Å². The van der Waals surface area contributed by atoms with Crippen LogP contribution in [0.25, 0.3) is 10.9 Å². The summed E-state index contributed by atoms with van der Waals surface area (Å²) in [6.07, 6.45) is 0.153. The molecule has 0 fully saturated rings. The largest absolute Gasteiger partial charge is 0.506 e. The number of hydrogen-bond donors (Lipinski definition) is 3. The van der Waals surface area contributed by atoms with Crippen molar-refractivity contribution in [1.82, 2.24) is 9.88 Å². The van der Waals surface area contributed by atoms with Crippen LogP contribution in [0.1, 0.15) is 52.4 Å². The number of nitrogens with one attached hydrogen (secondary N) is 2. The van der Waals surface area contributed by atoms with E-state index in [1.54, 1.807) is 0 Å². The second-order valence-corrected chi connectivity index (χ2v) is 9.54. The maximum Gasteiger partial charge on any atom is 0.416 e. The first-order valence-corrected chi connectivity index (χ1v) is 12.5. The Balaban J connectivity index is 1.53. The van der Waals surface area contributed by atoms with Gasteiger partial charge in [-0.05, 0) is 54.7 Å². The fraction of sp³-hybridized carbons (Fsp3) is 0.286. The number of aromatic nitrogens is 1. The normalized spacial score (nSPS) is 16.1. The van der Waals surface area contributed by atoms with Crippen LogP contribution >= 0.6 is 0 Å². The Morgan fingerprint density at radius 3 is 2.62 bits per heavy atom. The number of allylic oxidation sites excluding steroid dienone is 1. The maximum atomic E-state index is 13.7. The van der Waals surface area contributed by atoms with Crippen LogP contribution in [0.15, 0.2) is 52.8 Å². The second kappa shape index (κ2) is 10.4. The Bertz CT molecular complexity index is 1650. The van der Waals surface area contributed by atoms with Crippen LogP contribution in [-0.4, -0.2) is 41.2 Å². The summed E-state index contributed by atoms with van der Waals surface area (Å²) in [7, 11) is 0. The summed E-state index contributed by atoms with van der Waals surface area (Å²) in [4.78, 5) is 39.0. The number of ether oxygens (including phenoxy) is 1. The van der Waals surface area contributed by atoms with E-state index in [0.29, 0.717) is 11.3 Å². The number of nitrogens with zero attached hydrogens (tertiary/aromatic N) is 2. The van der Waals surface area contributed by atoms with Gasteiger partial charge in [0.15, 0.2) is 0 Å². The van der Waals surface area contributed by atoms with Gasteiger partial charge in [0.25, 0.3) is 11.5 Å². The van der Waals surface area contributed by atoms with Gasteiger partial charge in [-0.25, -0.2) is 0 Å². The van der Waals surface area contributed by atoms with Crippen LogP contribution < -0.4 is 16.2 Å². The van der Waals surface area contributed by atoms with Gasteiger partial charge < -0.3 is 20.5 Å². The molecule has 0 bridgehead atoms. The molecule has 5 rings (SSSR count). The Labute approximate surface area is 225 Å². The third-order valence-corrected chi connectivity index (χ3v) is 7.00. The van der Waals surface area contributed by atoms with Crippen molar-refractivity contribution >= 4 is 28.5 Å². The molecule has 9 nitrogen and oxygen atoms in total. The molecule has 206 valence electrons. The fourth-order valence-corrected chi connectivity index (χ4v) is 5.03. The molecule has 2 aromatic carbocycles. The number of amides is 1. The molecule has 1 aliphatic heterocycles. The Morgan fingerprint density at radius 2 is 1.98 bits per heavy atom. The summed E-state index contributed by atoms with van der Waals surface area (Å²) < 4.78 is 45.7. The van der Waals surface area contributed by atoms with Crippen molar-refractivity contribution in [2.45, 2.75) is 31.5 Å². The van der Waals surface area contributed by atoms with Gasteiger partial charge in [0.2, 0.25) is 0 Å². The molecule has 1 amide bonds. The Hall–Kier alpha value is -4.79. The van der Waals surface area contributed by atoms with Crippen LogP contribution in [0.5, 0.6) is 5.75 Å². The van der Waals surface area contributed by atoms with E-state index in [0.717, 1.165) is 37.0 Å². The minimum Gasteiger partial charge on any atom is -0.506 e. The Kier molecular flexibility index (Phi) is 6.97. The summed E-state index contributed by atoms with van der Waals surface area (Å²) in [5, 5.41) is 25.9. The van der Waals surface area contributed by atoms with E-state index in [9.17, 15) is 37.9 Å². The number of aromatic hydroxyl groups is 1. The number of nitriles is 1. The molecule has 3 aromatic rings. The van der Waals surface area contributed by atoms with Crippen molar-refractivity contribution < 1.29 is 32.6 Å². The molecule has 2 aliphatic rings. The molecular formula is C28H23F3N4O5. The Morgan fingerprint density at radius 1 is 1.23 bits per heavy atom. The number of halogens is 3. The number of carbonyl (C=O) groups is 2. The van der Waals surface area contributed by atoms with Crippen molar-refractivity contribution in [2.75, 3.05) is 25.0 Å². The van der Waals surface area contributed by atoms with Gasteiger partial charge in [-0.3, -0.25) is 19.0 Å². The number of benzene rings is 2. The predicted octanol–water partition coefficient (Wildman–Crippen LogP) is 4.00. The smallest absolute Gasteiger partial charge is 0.416 e. The molecule has 2 heterocycles. The number of alkyl halides is 3. The highest BCUT2D eigenvalue weighted by Gasteiger charge is 2.33. The predicted molar refractivity (Wildman–Crippen MR) is 138 cm³/mol. The van der Waals surface area contributed by atoms with Gasteiger partial charge in [-0.15, -0.1) is 0 Å². The number of esters is 1. The van der Waals surface area contributed by atoms with Gasteiger partial charge in [0.1, 0.15) is 24.5 Å². The van der Waals surface area contributed by atoms with Crippen molar-refractivity contribution in [1.29, 1.82) is 5.26 Å². The molecule has 1 aliphatic carbocycles. The lowest BCUT2D eigenvalue weighted by Crippen LogP contribution is -2.40. The molecule has 1 unspecified atom stereocenters. The first-order valence-electron chi connectivity index (χ1n) is 12.5. The van der Waals surface area contributed by atoms with Crippen LogP contribution in [0.2, 0.25) is 0 Å². The van der Waals surface area contributed by atoms with E-state index in [4.69, 9.17) is 4.74 Å². The zero-order valence-electron chi connectivity index (χ0n) is 21.0. The first-order chi connectivity index (χ1) is 19.1. The lowest BCUT2D eigenvalue weighted by atomic mass is 9.98. The molecular weight excluding hydrogens is 529 g/mol. The summed E-state index contributed by atoms with van der Waals surface area (Å²) >= 11 is 0. The average Bonchev–Trinajstić information content (AvgIpc) is 3.46. The zero-order valence-corrected chi connectivity index (χ0v) is 21.0. The minimum atomic E-state index is -4.55. The minimum absolute atomic E-state index is 0.0126. The molecule has 3 N–H and O–H groups in total. The molecule has 0 spiro atoms. The SMILES string of the molecule is N#Cc1cc2c3c(c1)c(O)c(C(=O)NCC(=O)OCC1=CCCC1)c(=O)n3C(c1ccc(C(F)(F)F)cc1)CN2. The van der Waals surface area contributed by atoms with Crippen LogP contribution in [0.3, 0.4) is 0 Å². The number of pyridine rings is 1. The van der Waals surface area contributed by atoms with E-state index in [1.807, 2.05) is 12.1 Å². The number of carbonyl (C=O) groups excluding carboxylic acids is 2. The highest BCUT2D eigenvalue weighted by Crippen LogP contribution is 2.39. The molecule has 1 atom stereocenters. The maximum absolute atomic E-state index is 13.7. The van der Waals surface area contributed by atoms with Crippen molar-refractivity contribution in [3.8, 4) is 11.8 Å². The highest BCUT2D eigenvalue weighted by molar-refractivity contribution is 6.06. The van der Waals surface area contributed by atoms with Gasteiger partial charge in [-0.2, -0.15) is 18.4 Å². The van der Waals surface area contributed by atoms with E-state index in [1.165, 1.54) is 28.8 Å². The summed E-state index contributed by atoms with van der Waals surface area (Å²) in [5.41, 5.74) is -0.460. The van der Waals surface area contributed by atoms with Gasteiger partial charge in [-0.1, -0.05) is 18.2 Å². The quantitative estimate of drug-likeness (QED) is 0.311. The van der Waals surface area contributed by atoms with E-state index in [2.05, 4.69) is 10.6 Å². The summed E-state index contributed by atoms with van der Waals surface area (Å²) in [5.74, 6) is -2.46. The van der Waals surface area contributed by atoms with Crippen LogP contribution in [-0.2, 0) is 15.7 Å². The lowest BCUT2D eigenvalue weighted by Gasteiger charge is -2.30. The molecule has 0 saturated heterocycles. The summed E-state index contributed by atoms with van der Waals surface area (Å²) in [6.45, 7) is -0.406.